The Balaban J connectivity index is 1.46. The molecule has 6 heteroatoms. The lowest BCUT2D eigenvalue weighted by Crippen LogP contribution is -2.08. The van der Waals surface area contributed by atoms with E-state index in [1.54, 1.807) is 6.20 Å². The number of aromatic nitrogens is 1. The van der Waals surface area contributed by atoms with Gasteiger partial charge in [0, 0.05) is 24.1 Å². The first kappa shape index (κ1) is 18.8. The van der Waals surface area contributed by atoms with Crippen molar-refractivity contribution >= 4 is 11.5 Å². The van der Waals surface area contributed by atoms with E-state index >= 15 is 0 Å². The number of unbranched alkanes of at least 4 members (excludes halogenated alkanes) is 2. The van der Waals surface area contributed by atoms with Crippen LogP contribution in [0, 0.1) is 0 Å². The first-order valence-electron chi connectivity index (χ1n) is 9.12. The van der Waals surface area contributed by atoms with Crippen LogP contribution in [0.1, 0.15) is 31.6 Å². The second-order valence-electron chi connectivity index (χ2n) is 6.19. The van der Waals surface area contributed by atoms with Gasteiger partial charge >= 0.3 is 5.97 Å². The summed E-state index contributed by atoms with van der Waals surface area (Å²) in [6, 6.07) is 7.78. The Morgan fingerprint density at radius 3 is 2.81 bits per heavy atom. The minimum Gasteiger partial charge on any atom is -0.494 e. The quantitative estimate of drug-likeness (QED) is 0.534. The Hall–Kier alpha value is -3.02. The second-order valence-corrected chi connectivity index (χ2v) is 6.19. The minimum atomic E-state index is -0.158. The molecule has 2 aromatic rings. The summed E-state index contributed by atoms with van der Waals surface area (Å²) in [7, 11) is 1.41. The molecule has 0 fully saturated rings. The third kappa shape index (κ3) is 5.48. The number of hydrogen-bond acceptors (Lipinski definition) is 6. The van der Waals surface area contributed by atoms with Gasteiger partial charge < -0.3 is 19.2 Å². The first-order chi connectivity index (χ1) is 13.3. The zero-order valence-electron chi connectivity index (χ0n) is 15.4. The number of allylic oxidation sites excluding steroid dienone is 2. The number of carbonyl (C=O) groups excluding carboxylic acids is 1. The Morgan fingerprint density at radius 2 is 2.07 bits per heavy atom. The normalized spacial score (nSPS) is 13.0. The van der Waals surface area contributed by atoms with Crippen LogP contribution in [0.15, 0.2) is 53.2 Å². The lowest BCUT2D eigenvalue weighted by atomic mass is 10.2. The number of nitrogens with one attached hydrogen (secondary N) is 1. The monoisotopic (exact) mass is 368 g/mol. The number of esters is 1. The van der Waals surface area contributed by atoms with Gasteiger partial charge in [-0.15, -0.1) is 0 Å². The standard InChI is InChI=1S/C21H24N2O4/c1-25-20(24)5-3-2-4-14-26-18-8-6-16(7-9-18)19-15-23-21(27-19)17-10-12-22-13-11-17/h6-12,15,22H,2-5,13-14H2,1H3. The van der Waals surface area contributed by atoms with Crippen molar-refractivity contribution in [1.29, 1.82) is 0 Å². The van der Waals surface area contributed by atoms with Crippen LogP contribution in [0.3, 0.4) is 0 Å². The summed E-state index contributed by atoms with van der Waals surface area (Å²) >= 11 is 0. The molecular formula is C21H24N2O4. The largest absolute Gasteiger partial charge is 0.494 e. The molecule has 0 aliphatic carbocycles. The molecule has 0 unspecified atom stereocenters. The van der Waals surface area contributed by atoms with Gasteiger partial charge in [-0.2, -0.15) is 0 Å². The van der Waals surface area contributed by atoms with Gasteiger partial charge in [-0.05, 0) is 55.8 Å². The minimum absolute atomic E-state index is 0.158. The molecule has 2 heterocycles. The molecule has 1 aromatic heterocycles. The molecule has 1 aromatic carbocycles. The van der Waals surface area contributed by atoms with Crippen molar-refractivity contribution in [2.24, 2.45) is 0 Å². The summed E-state index contributed by atoms with van der Waals surface area (Å²) in [5, 5.41) is 3.10. The van der Waals surface area contributed by atoms with Crippen LogP contribution in [0.5, 0.6) is 5.75 Å². The predicted molar refractivity (Wildman–Crippen MR) is 103 cm³/mol. The third-order valence-electron chi connectivity index (χ3n) is 4.23. The van der Waals surface area contributed by atoms with Crippen molar-refractivity contribution in [3.8, 4) is 17.1 Å². The van der Waals surface area contributed by atoms with E-state index in [-0.39, 0.29) is 5.97 Å². The SMILES string of the molecule is COC(=O)CCCCCOc1ccc(-c2cnc(C3=CCNC=C3)o2)cc1. The van der Waals surface area contributed by atoms with Crippen LogP contribution < -0.4 is 10.1 Å². The molecule has 1 aliphatic rings. The van der Waals surface area contributed by atoms with Crippen LogP contribution in [-0.4, -0.2) is 31.2 Å². The van der Waals surface area contributed by atoms with E-state index in [9.17, 15) is 4.79 Å². The van der Waals surface area contributed by atoms with Gasteiger partial charge in [0.1, 0.15) is 5.75 Å². The smallest absolute Gasteiger partial charge is 0.305 e. The Kier molecular flexibility index (Phi) is 6.68. The van der Waals surface area contributed by atoms with Crippen LogP contribution in [-0.2, 0) is 9.53 Å². The van der Waals surface area contributed by atoms with Crippen molar-refractivity contribution in [1.82, 2.24) is 10.3 Å². The summed E-state index contributed by atoms with van der Waals surface area (Å²) in [5.74, 6) is 2.01. The summed E-state index contributed by atoms with van der Waals surface area (Å²) in [4.78, 5) is 15.4. The molecule has 6 nitrogen and oxygen atoms in total. The molecule has 0 radical (unpaired) electrons. The highest BCUT2D eigenvalue weighted by atomic mass is 16.5. The fourth-order valence-corrected chi connectivity index (χ4v) is 2.71. The maximum absolute atomic E-state index is 11.0. The van der Waals surface area contributed by atoms with Gasteiger partial charge in [0.25, 0.3) is 0 Å². The van der Waals surface area contributed by atoms with E-state index in [4.69, 9.17) is 9.15 Å². The number of hydrogen-bond donors (Lipinski definition) is 1. The lowest BCUT2D eigenvalue weighted by Gasteiger charge is -2.07. The maximum Gasteiger partial charge on any atom is 0.305 e. The van der Waals surface area contributed by atoms with E-state index < -0.39 is 0 Å². The van der Waals surface area contributed by atoms with Gasteiger partial charge in [0.2, 0.25) is 5.89 Å². The van der Waals surface area contributed by atoms with Crippen molar-refractivity contribution in [2.75, 3.05) is 20.3 Å². The first-order valence-corrected chi connectivity index (χ1v) is 9.12. The van der Waals surface area contributed by atoms with Crippen LogP contribution in [0.4, 0.5) is 0 Å². The van der Waals surface area contributed by atoms with Crippen LogP contribution >= 0.6 is 0 Å². The Labute approximate surface area is 158 Å². The number of methoxy groups -OCH3 is 1. The average Bonchev–Trinajstić information content (AvgIpc) is 3.22. The highest BCUT2D eigenvalue weighted by molar-refractivity contribution is 5.71. The topological polar surface area (TPSA) is 73.6 Å². The van der Waals surface area contributed by atoms with Crippen molar-refractivity contribution in [3.05, 3.63) is 54.7 Å². The van der Waals surface area contributed by atoms with E-state index in [0.29, 0.717) is 18.9 Å². The van der Waals surface area contributed by atoms with E-state index in [2.05, 4.69) is 15.0 Å². The number of carbonyl (C=O) groups is 1. The molecule has 0 bridgehead atoms. The highest BCUT2D eigenvalue weighted by Crippen LogP contribution is 2.26. The highest BCUT2D eigenvalue weighted by Gasteiger charge is 2.10. The second kappa shape index (κ2) is 9.62. The van der Waals surface area contributed by atoms with Gasteiger partial charge in [-0.25, -0.2) is 4.98 Å². The molecule has 0 amide bonds. The van der Waals surface area contributed by atoms with Crippen LogP contribution in [0.25, 0.3) is 16.9 Å². The fourth-order valence-electron chi connectivity index (χ4n) is 2.71. The number of nitrogens with zero attached hydrogens (tertiary/aromatic N) is 1. The molecule has 142 valence electrons. The summed E-state index contributed by atoms with van der Waals surface area (Å²) in [6.07, 6.45) is 10.7. The van der Waals surface area contributed by atoms with Crippen molar-refractivity contribution < 1.29 is 18.7 Å². The van der Waals surface area contributed by atoms with Crippen LogP contribution in [0.2, 0.25) is 0 Å². The van der Waals surface area contributed by atoms with Crippen molar-refractivity contribution in [2.45, 2.75) is 25.7 Å². The number of dihydropyridines is 1. The molecule has 1 N–H and O–H groups in total. The molecule has 3 rings (SSSR count). The summed E-state index contributed by atoms with van der Waals surface area (Å²) in [5.41, 5.74) is 1.94. The van der Waals surface area contributed by atoms with Gasteiger partial charge in [-0.3, -0.25) is 4.79 Å². The van der Waals surface area contributed by atoms with E-state index in [1.165, 1.54) is 7.11 Å². The number of oxazole rings is 1. The van der Waals surface area contributed by atoms with Crippen molar-refractivity contribution in [3.63, 3.8) is 0 Å². The van der Waals surface area contributed by atoms with E-state index in [0.717, 1.165) is 48.5 Å². The lowest BCUT2D eigenvalue weighted by molar-refractivity contribution is -0.140. The Bertz CT molecular complexity index is 806. The van der Waals surface area contributed by atoms with Gasteiger partial charge in [-0.1, -0.05) is 6.08 Å². The molecule has 1 aliphatic heterocycles. The predicted octanol–water partition coefficient (Wildman–Crippen LogP) is 3.95. The third-order valence-corrected chi connectivity index (χ3v) is 4.23. The number of ether oxygens (including phenoxy) is 2. The molecule has 0 saturated carbocycles. The van der Waals surface area contributed by atoms with E-state index in [1.807, 2.05) is 42.6 Å². The molecular weight excluding hydrogens is 344 g/mol. The average molecular weight is 368 g/mol. The molecule has 0 spiro atoms. The summed E-state index contributed by atoms with van der Waals surface area (Å²) < 4.78 is 16.2. The number of benzene rings is 1. The molecule has 0 saturated heterocycles. The summed E-state index contributed by atoms with van der Waals surface area (Å²) in [6.45, 7) is 1.40. The fraction of sp³-hybridized carbons (Fsp3) is 0.333. The zero-order chi connectivity index (χ0) is 18.9. The maximum atomic E-state index is 11.0. The molecule has 0 atom stereocenters. The molecule has 27 heavy (non-hydrogen) atoms. The van der Waals surface area contributed by atoms with Gasteiger partial charge in [0.15, 0.2) is 5.76 Å². The van der Waals surface area contributed by atoms with Gasteiger partial charge in [0.05, 0.1) is 19.9 Å². The number of rotatable bonds is 9. The Morgan fingerprint density at radius 1 is 1.22 bits per heavy atom. The zero-order valence-corrected chi connectivity index (χ0v) is 15.4.